The van der Waals surface area contributed by atoms with Crippen LogP contribution in [0.15, 0.2) is 158 Å². The quantitative estimate of drug-likeness (QED) is 0.214. The molecule has 0 spiro atoms. The van der Waals surface area contributed by atoms with Gasteiger partial charge in [0.15, 0.2) is 5.82 Å². The lowest BCUT2D eigenvalue weighted by atomic mass is 10.0. The molecule has 8 aromatic rings. The van der Waals surface area contributed by atoms with Crippen molar-refractivity contribution in [3.8, 4) is 50.8 Å². The van der Waals surface area contributed by atoms with Crippen LogP contribution >= 0.6 is 0 Å². The van der Waals surface area contributed by atoms with Gasteiger partial charge in [0.25, 0.3) is 0 Å². The zero-order valence-corrected chi connectivity index (χ0v) is 23.3. The summed E-state index contributed by atoms with van der Waals surface area (Å²) in [5.41, 5.74) is 8.88. The van der Waals surface area contributed by atoms with Crippen LogP contribution in [-0.4, -0.2) is 19.7 Å². The summed E-state index contributed by atoms with van der Waals surface area (Å²) in [6.45, 7) is 0. The minimum atomic E-state index is 0.702. The minimum Gasteiger partial charge on any atom is -0.232 e. The van der Waals surface area contributed by atoms with Gasteiger partial charge in [-0.2, -0.15) is 5.10 Å². The van der Waals surface area contributed by atoms with Crippen molar-refractivity contribution in [1.82, 2.24) is 19.7 Å². The molecule has 4 nitrogen and oxygen atoms in total. The van der Waals surface area contributed by atoms with Gasteiger partial charge in [0, 0.05) is 27.6 Å². The highest BCUT2D eigenvalue weighted by atomic mass is 15.3. The smallest absolute Gasteiger partial charge is 0.160 e. The predicted octanol–water partition coefficient (Wildman–Crippen LogP) is 9.64. The molecule has 0 bridgehead atoms. The van der Waals surface area contributed by atoms with E-state index >= 15 is 0 Å². The Labute approximate surface area is 249 Å². The van der Waals surface area contributed by atoms with Crippen LogP contribution in [0, 0.1) is 0 Å². The van der Waals surface area contributed by atoms with Gasteiger partial charge < -0.3 is 0 Å². The van der Waals surface area contributed by atoms with Crippen molar-refractivity contribution in [2.45, 2.75) is 0 Å². The number of benzene rings is 6. The van der Waals surface area contributed by atoms with Crippen LogP contribution in [-0.2, 0) is 0 Å². The molecule has 2 heterocycles. The molecule has 6 aromatic carbocycles. The highest BCUT2D eigenvalue weighted by Crippen LogP contribution is 2.35. The van der Waals surface area contributed by atoms with Gasteiger partial charge in [-0.25, -0.2) is 14.6 Å². The van der Waals surface area contributed by atoms with Crippen LogP contribution in [0.2, 0.25) is 0 Å². The SMILES string of the molecule is c1ccc(-c2cc(-c3cccc(-c4nn(-c5ccccc5)c5cc6ccccc6cc45)c3)nc(-c3ccccc3)n2)cc1. The number of hydrogen-bond donors (Lipinski definition) is 0. The first-order valence-corrected chi connectivity index (χ1v) is 14.4. The lowest BCUT2D eigenvalue weighted by Gasteiger charge is -2.10. The third-order valence-electron chi connectivity index (χ3n) is 7.81. The zero-order chi connectivity index (χ0) is 28.6. The molecule has 0 unspecified atom stereocenters. The standard InChI is InChI=1S/C39H26N4/c1-4-13-27(14-5-1)35-26-36(41-39(40-35)28-15-6-2-7-16-28)31-19-12-20-32(23-31)38-34-24-29-17-10-11-18-30(29)25-37(34)43(42-38)33-21-8-3-9-22-33/h1-26H. The zero-order valence-electron chi connectivity index (χ0n) is 23.3. The summed E-state index contributed by atoms with van der Waals surface area (Å²) in [6.07, 6.45) is 0. The van der Waals surface area contributed by atoms with Crippen LogP contribution in [0.4, 0.5) is 0 Å². The lowest BCUT2D eigenvalue weighted by Crippen LogP contribution is -1.96. The number of aromatic nitrogens is 4. The third-order valence-corrected chi connectivity index (χ3v) is 7.81. The van der Waals surface area contributed by atoms with Crippen molar-refractivity contribution >= 4 is 21.7 Å². The molecular formula is C39H26N4. The molecule has 0 aliphatic carbocycles. The second kappa shape index (κ2) is 10.5. The van der Waals surface area contributed by atoms with Crippen LogP contribution in [0.25, 0.3) is 72.5 Å². The van der Waals surface area contributed by atoms with Crippen molar-refractivity contribution in [2.75, 3.05) is 0 Å². The summed E-state index contributed by atoms with van der Waals surface area (Å²) >= 11 is 0. The number of para-hydroxylation sites is 1. The summed E-state index contributed by atoms with van der Waals surface area (Å²) in [5, 5.41) is 8.69. The van der Waals surface area contributed by atoms with Crippen molar-refractivity contribution in [2.24, 2.45) is 0 Å². The van der Waals surface area contributed by atoms with Crippen LogP contribution in [0.5, 0.6) is 0 Å². The highest BCUT2D eigenvalue weighted by Gasteiger charge is 2.17. The molecule has 4 heteroatoms. The van der Waals surface area contributed by atoms with E-state index in [9.17, 15) is 0 Å². The molecule has 0 aliphatic rings. The fourth-order valence-electron chi connectivity index (χ4n) is 5.67. The van der Waals surface area contributed by atoms with Gasteiger partial charge in [-0.05, 0) is 47.2 Å². The maximum absolute atomic E-state index is 5.20. The fourth-order valence-corrected chi connectivity index (χ4v) is 5.67. The Morgan fingerprint density at radius 3 is 1.70 bits per heavy atom. The van der Waals surface area contributed by atoms with E-state index in [1.165, 1.54) is 10.8 Å². The molecule has 0 radical (unpaired) electrons. The van der Waals surface area contributed by atoms with E-state index in [1.54, 1.807) is 0 Å². The van der Waals surface area contributed by atoms with E-state index in [0.29, 0.717) is 5.82 Å². The molecule has 8 rings (SSSR count). The molecule has 0 fully saturated rings. The van der Waals surface area contributed by atoms with Gasteiger partial charge in [-0.3, -0.25) is 0 Å². The van der Waals surface area contributed by atoms with Gasteiger partial charge in [0.05, 0.1) is 22.6 Å². The minimum absolute atomic E-state index is 0.702. The van der Waals surface area contributed by atoms with Gasteiger partial charge >= 0.3 is 0 Å². The molecule has 0 saturated carbocycles. The second-order valence-electron chi connectivity index (χ2n) is 10.6. The van der Waals surface area contributed by atoms with Crippen molar-refractivity contribution in [1.29, 1.82) is 0 Å². The van der Waals surface area contributed by atoms with Gasteiger partial charge in [0.1, 0.15) is 5.69 Å². The largest absolute Gasteiger partial charge is 0.232 e. The Hall–Kier alpha value is -5.87. The van der Waals surface area contributed by atoms with Crippen molar-refractivity contribution < 1.29 is 0 Å². The number of nitrogens with zero attached hydrogens (tertiary/aromatic N) is 4. The Balaban J connectivity index is 1.32. The van der Waals surface area contributed by atoms with E-state index in [-0.39, 0.29) is 0 Å². The monoisotopic (exact) mass is 550 g/mol. The summed E-state index contributed by atoms with van der Waals surface area (Å²) < 4.78 is 2.05. The summed E-state index contributed by atoms with van der Waals surface area (Å²) in [4.78, 5) is 10.0. The van der Waals surface area contributed by atoms with E-state index in [1.807, 2.05) is 54.6 Å². The van der Waals surface area contributed by atoms with Gasteiger partial charge in [-0.15, -0.1) is 0 Å². The third kappa shape index (κ3) is 4.65. The molecule has 0 saturated heterocycles. The van der Waals surface area contributed by atoms with Gasteiger partial charge in [-0.1, -0.05) is 121 Å². The van der Waals surface area contributed by atoms with Crippen molar-refractivity contribution in [3.05, 3.63) is 158 Å². The first kappa shape index (κ1) is 24.9. The molecule has 0 N–H and O–H groups in total. The van der Waals surface area contributed by atoms with E-state index in [4.69, 9.17) is 15.1 Å². The maximum atomic E-state index is 5.20. The van der Waals surface area contributed by atoms with Crippen molar-refractivity contribution in [3.63, 3.8) is 0 Å². The molecule has 43 heavy (non-hydrogen) atoms. The number of hydrogen-bond acceptors (Lipinski definition) is 3. The molecule has 202 valence electrons. The average Bonchev–Trinajstić information content (AvgIpc) is 3.46. The molecular weight excluding hydrogens is 524 g/mol. The summed E-state index contributed by atoms with van der Waals surface area (Å²) in [5.74, 6) is 0.702. The summed E-state index contributed by atoms with van der Waals surface area (Å²) in [6, 6.07) is 54.3. The molecule has 0 atom stereocenters. The van der Waals surface area contributed by atoms with Crippen LogP contribution < -0.4 is 0 Å². The van der Waals surface area contributed by atoms with Crippen LogP contribution in [0.1, 0.15) is 0 Å². The van der Waals surface area contributed by atoms with E-state index < -0.39 is 0 Å². The molecule has 2 aromatic heterocycles. The Morgan fingerprint density at radius 1 is 0.419 bits per heavy atom. The number of fused-ring (bicyclic) bond motifs is 2. The molecule has 0 aliphatic heterocycles. The topological polar surface area (TPSA) is 43.6 Å². The number of rotatable bonds is 5. The highest BCUT2D eigenvalue weighted by molar-refractivity contribution is 6.03. The fraction of sp³-hybridized carbons (Fsp3) is 0. The predicted molar refractivity (Wildman–Crippen MR) is 176 cm³/mol. The second-order valence-corrected chi connectivity index (χ2v) is 10.6. The Bertz CT molecular complexity index is 2160. The lowest BCUT2D eigenvalue weighted by molar-refractivity contribution is 0.915. The Kier molecular flexibility index (Phi) is 6.08. The molecule has 0 amide bonds. The Morgan fingerprint density at radius 2 is 0.977 bits per heavy atom. The van der Waals surface area contributed by atoms with Crippen LogP contribution in [0.3, 0.4) is 0 Å². The van der Waals surface area contributed by atoms with E-state index in [2.05, 4.69) is 108 Å². The first-order chi connectivity index (χ1) is 21.3. The van der Waals surface area contributed by atoms with Gasteiger partial charge in [0.2, 0.25) is 0 Å². The van der Waals surface area contributed by atoms with E-state index in [0.717, 1.165) is 55.9 Å². The first-order valence-electron chi connectivity index (χ1n) is 14.4. The normalized spacial score (nSPS) is 11.3. The average molecular weight is 551 g/mol. The maximum Gasteiger partial charge on any atom is 0.160 e. The summed E-state index contributed by atoms with van der Waals surface area (Å²) in [7, 11) is 0.